The maximum Gasteiger partial charge on any atom is 0.235 e. The van der Waals surface area contributed by atoms with Gasteiger partial charge in [-0.1, -0.05) is 20.8 Å². The third kappa shape index (κ3) is 5.69. The Balaban J connectivity index is 2.43. The molecule has 0 radical (unpaired) electrons. The van der Waals surface area contributed by atoms with Gasteiger partial charge >= 0.3 is 0 Å². The van der Waals surface area contributed by atoms with Gasteiger partial charge < -0.3 is 5.32 Å². The standard InChI is InChI=1S/C11H15IN2OS/c1-11(2,3)16-7-10(15)14-9-5-4-8(12)6-13-9/h4-6H,7H2,1-3H3,(H,13,14,15). The molecule has 0 aliphatic heterocycles. The van der Waals surface area contributed by atoms with E-state index < -0.39 is 0 Å². The normalized spacial score (nSPS) is 11.2. The van der Waals surface area contributed by atoms with Crippen molar-refractivity contribution in [2.45, 2.75) is 25.5 Å². The van der Waals surface area contributed by atoms with Crippen LogP contribution in [0.3, 0.4) is 0 Å². The molecule has 0 atom stereocenters. The topological polar surface area (TPSA) is 42.0 Å². The van der Waals surface area contributed by atoms with Crippen molar-refractivity contribution in [3.05, 3.63) is 21.9 Å². The summed E-state index contributed by atoms with van der Waals surface area (Å²) in [4.78, 5) is 15.7. The van der Waals surface area contributed by atoms with Crippen LogP contribution in [0, 0.1) is 3.57 Å². The van der Waals surface area contributed by atoms with Crippen molar-refractivity contribution in [3.8, 4) is 0 Å². The fourth-order valence-corrected chi connectivity index (χ4v) is 1.87. The van der Waals surface area contributed by atoms with E-state index in [1.807, 2.05) is 6.07 Å². The van der Waals surface area contributed by atoms with Crippen LogP contribution in [-0.4, -0.2) is 21.4 Å². The Morgan fingerprint density at radius 3 is 2.69 bits per heavy atom. The van der Waals surface area contributed by atoms with Crippen LogP contribution < -0.4 is 5.32 Å². The van der Waals surface area contributed by atoms with Gasteiger partial charge in [-0.05, 0) is 34.7 Å². The molecule has 88 valence electrons. The van der Waals surface area contributed by atoms with E-state index in [1.165, 1.54) is 0 Å². The minimum Gasteiger partial charge on any atom is -0.310 e. The highest BCUT2D eigenvalue weighted by Crippen LogP contribution is 2.22. The van der Waals surface area contributed by atoms with E-state index in [-0.39, 0.29) is 10.7 Å². The first-order valence-corrected chi connectivity index (χ1v) is 6.98. The van der Waals surface area contributed by atoms with Gasteiger partial charge in [0.25, 0.3) is 0 Å². The molecule has 1 aromatic rings. The van der Waals surface area contributed by atoms with Crippen molar-refractivity contribution < 1.29 is 4.79 Å². The van der Waals surface area contributed by atoms with Gasteiger partial charge in [0.05, 0.1) is 5.75 Å². The van der Waals surface area contributed by atoms with Crippen molar-refractivity contribution in [2.75, 3.05) is 11.1 Å². The average molecular weight is 350 g/mol. The van der Waals surface area contributed by atoms with Crippen LogP contribution in [0.1, 0.15) is 20.8 Å². The number of nitrogens with one attached hydrogen (secondary N) is 1. The second-order valence-corrected chi connectivity index (χ2v) is 7.36. The van der Waals surface area contributed by atoms with Gasteiger partial charge in [0.2, 0.25) is 5.91 Å². The minimum atomic E-state index is -0.00590. The molecule has 5 heteroatoms. The monoisotopic (exact) mass is 350 g/mol. The summed E-state index contributed by atoms with van der Waals surface area (Å²) in [5.41, 5.74) is 0. The summed E-state index contributed by atoms with van der Waals surface area (Å²) in [6.07, 6.45) is 1.73. The van der Waals surface area contributed by atoms with E-state index in [2.05, 4.69) is 53.7 Å². The van der Waals surface area contributed by atoms with E-state index in [1.54, 1.807) is 24.0 Å². The number of halogens is 1. The molecule has 1 amide bonds. The Morgan fingerprint density at radius 2 is 2.19 bits per heavy atom. The molecule has 3 nitrogen and oxygen atoms in total. The first-order chi connectivity index (χ1) is 7.37. The number of nitrogens with zero attached hydrogens (tertiary/aromatic N) is 1. The minimum absolute atomic E-state index is 0.00590. The number of amides is 1. The zero-order chi connectivity index (χ0) is 12.2. The highest BCUT2D eigenvalue weighted by molar-refractivity contribution is 14.1. The van der Waals surface area contributed by atoms with Crippen molar-refractivity contribution in [1.29, 1.82) is 0 Å². The van der Waals surface area contributed by atoms with Gasteiger partial charge in [-0.15, -0.1) is 11.8 Å². The van der Waals surface area contributed by atoms with Crippen molar-refractivity contribution in [2.24, 2.45) is 0 Å². The van der Waals surface area contributed by atoms with E-state index in [4.69, 9.17) is 0 Å². The van der Waals surface area contributed by atoms with E-state index in [0.29, 0.717) is 11.6 Å². The summed E-state index contributed by atoms with van der Waals surface area (Å²) in [5.74, 6) is 1.06. The summed E-state index contributed by atoms with van der Waals surface area (Å²) < 4.78 is 1.16. The summed E-state index contributed by atoms with van der Waals surface area (Å²) >= 11 is 3.80. The number of rotatable bonds is 3. The van der Waals surface area contributed by atoms with Crippen LogP contribution in [0.5, 0.6) is 0 Å². The molecule has 0 spiro atoms. The van der Waals surface area contributed by atoms with Crippen LogP contribution in [0.25, 0.3) is 0 Å². The predicted octanol–water partition coefficient (Wildman–Crippen LogP) is 3.16. The number of hydrogen-bond donors (Lipinski definition) is 1. The first kappa shape index (κ1) is 13.8. The lowest BCUT2D eigenvalue weighted by atomic mass is 10.3. The Labute approximate surface area is 114 Å². The summed E-state index contributed by atoms with van der Waals surface area (Å²) in [5, 5.41) is 2.77. The van der Waals surface area contributed by atoms with Crippen molar-refractivity contribution in [3.63, 3.8) is 0 Å². The molecule has 0 aliphatic rings. The van der Waals surface area contributed by atoms with E-state index in [0.717, 1.165) is 3.57 Å². The molecule has 0 fully saturated rings. The number of thioether (sulfide) groups is 1. The molecule has 0 bridgehead atoms. The molecule has 16 heavy (non-hydrogen) atoms. The lowest BCUT2D eigenvalue weighted by Gasteiger charge is -2.16. The first-order valence-electron chi connectivity index (χ1n) is 4.92. The number of carbonyl (C=O) groups excluding carboxylic acids is 1. The molecule has 0 saturated carbocycles. The Morgan fingerprint density at radius 1 is 1.50 bits per heavy atom. The van der Waals surface area contributed by atoms with Crippen LogP contribution >= 0.6 is 34.4 Å². The Hall–Kier alpha value is -0.300. The zero-order valence-corrected chi connectivity index (χ0v) is 12.6. The number of anilines is 1. The quantitative estimate of drug-likeness (QED) is 0.852. The Bertz CT molecular complexity index is 359. The van der Waals surface area contributed by atoms with Gasteiger partial charge in [0, 0.05) is 14.5 Å². The third-order valence-electron chi connectivity index (χ3n) is 1.63. The molecule has 1 rings (SSSR count). The number of pyridine rings is 1. The lowest BCUT2D eigenvalue weighted by Crippen LogP contribution is -2.19. The van der Waals surface area contributed by atoms with Gasteiger partial charge in [-0.2, -0.15) is 0 Å². The van der Waals surface area contributed by atoms with Crippen LogP contribution in [0.4, 0.5) is 5.82 Å². The van der Waals surface area contributed by atoms with Gasteiger partial charge in [-0.25, -0.2) is 4.98 Å². The summed E-state index contributed by atoms with van der Waals surface area (Å²) in [6.45, 7) is 6.27. The molecule has 0 saturated heterocycles. The smallest absolute Gasteiger partial charge is 0.235 e. The largest absolute Gasteiger partial charge is 0.310 e. The van der Waals surface area contributed by atoms with Gasteiger partial charge in [0.15, 0.2) is 0 Å². The van der Waals surface area contributed by atoms with Crippen molar-refractivity contribution in [1.82, 2.24) is 4.98 Å². The SMILES string of the molecule is CC(C)(C)SCC(=O)Nc1ccc(I)cn1. The second-order valence-electron chi connectivity index (χ2n) is 4.31. The van der Waals surface area contributed by atoms with Crippen LogP contribution in [0.2, 0.25) is 0 Å². The maximum atomic E-state index is 11.6. The third-order valence-corrected chi connectivity index (χ3v) is 3.54. The van der Waals surface area contributed by atoms with Crippen LogP contribution in [0.15, 0.2) is 18.3 Å². The van der Waals surface area contributed by atoms with E-state index in [9.17, 15) is 4.79 Å². The molecular formula is C11H15IN2OS. The van der Waals surface area contributed by atoms with Gasteiger partial charge in [0.1, 0.15) is 5.82 Å². The lowest BCUT2D eigenvalue weighted by molar-refractivity contribution is -0.113. The average Bonchev–Trinajstić information content (AvgIpc) is 2.18. The second kappa shape index (κ2) is 5.86. The van der Waals surface area contributed by atoms with Crippen molar-refractivity contribution >= 4 is 46.1 Å². The predicted molar refractivity (Wildman–Crippen MR) is 77.8 cm³/mol. The van der Waals surface area contributed by atoms with Crippen LogP contribution in [-0.2, 0) is 4.79 Å². The zero-order valence-electron chi connectivity index (χ0n) is 9.58. The highest BCUT2D eigenvalue weighted by Gasteiger charge is 2.13. The Kier molecular flexibility index (Phi) is 5.04. The maximum absolute atomic E-state index is 11.6. The molecule has 0 aromatic carbocycles. The highest BCUT2D eigenvalue weighted by atomic mass is 127. The fraction of sp³-hybridized carbons (Fsp3) is 0.455. The molecule has 1 aromatic heterocycles. The van der Waals surface area contributed by atoms with Gasteiger partial charge in [-0.3, -0.25) is 4.79 Å². The number of aromatic nitrogens is 1. The molecular weight excluding hydrogens is 335 g/mol. The molecule has 1 N–H and O–H groups in total. The molecule has 1 heterocycles. The summed E-state index contributed by atoms with van der Waals surface area (Å²) in [6, 6.07) is 3.72. The number of carbonyl (C=O) groups is 1. The molecule has 0 aliphatic carbocycles. The van der Waals surface area contributed by atoms with E-state index >= 15 is 0 Å². The fourth-order valence-electron chi connectivity index (χ4n) is 0.911. The summed E-state index contributed by atoms with van der Waals surface area (Å²) in [7, 11) is 0. The molecule has 0 unspecified atom stereocenters. The number of hydrogen-bond acceptors (Lipinski definition) is 3.